The summed E-state index contributed by atoms with van der Waals surface area (Å²) in [6, 6.07) is 4.45. The van der Waals surface area contributed by atoms with Gasteiger partial charge in [-0.05, 0) is 56.4 Å². The number of unbranched alkanes of at least 4 members (excludes halogenated alkanes) is 3. The molecule has 0 unspecified atom stereocenters. The number of allylic oxidation sites excluding steroid dienone is 1. The number of benzene rings is 1. The van der Waals surface area contributed by atoms with Gasteiger partial charge in [-0.25, -0.2) is 0 Å². The molecular weight excluding hydrogens is 192 g/mol. The molecule has 1 aromatic rings. The third kappa shape index (κ3) is 3.84. The van der Waals surface area contributed by atoms with Gasteiger partial charge < -0.3 is 0 Å². The fourth-order valence-electron chi connectivity index (χ4n) is 1.87. The molecule has 0 amide bonds. The lowest BCUT2D eigenvalue weighted by Gasteiger charge is -2.06. The fourth-order valence-corrected chi connectivity index (χ4v) is 1.87. The Morgan fingerprint density at radius 3 is 2.56 bits per heavy atom. The van der Waals surface area contributed by atoms with Crippen LogP contribution in [0.1, 0.15) is 54.9 Å². The van der Waals surface area contributed by atoms with Crippen LogP contribution >= 0.6 is 0 Å². The largest absolute Gasteiger partial charge is 0.0760 e. The number of hydrogen-bond donors (Lipinski definition) is 0. The predicted molar refractivity (Wildman–Crippen MR) is 71.7 cm³/mol. The van der Waals surface area contributed by atoms with Gasteiger partial charge in [0.05, 0.1) is 0 Å². The standard InChI is InChI=1S/C16H23/c1-5-6-7-8-9-10-16-12-13(2)11-14(3)15(16)4/h9,11-12H,5-8H2,1-4H3. The van der Waals surface area contributed by atoms with Crippen molar-refractivity contribution in [2.24, 2.45) is 0 Å². The molecule has 0 saturated heterocycles. The van der Waals surface area contributed by atoms with Crippen LogP contribution in [0.4, 0.5) is 0 Å². The van der Waals surface area contributed by atoms with Gasteiger partial charge in [-0.1, -0.05) is 43.5 Å². The topological polar surface area (TPSA) is 0 Å². The van der Waals surface area contributed by atoms with Crippen molar-refractivity contribution in [1.82, 2.24) is 0 Å². The molecule has 0 aromatic heterocycles. The molecule has 0 heteroatoms. The summed E-state index contributed by atoms with van der Waals surface area (Å²) < 4.78 is 0. The van der Waals surface area contributed by atoms with Crippen molar-refractivity contribution < 1.29 is 0 Å². The summed E-state index contributed by atoms with van der Waals surface area (Å²) in [7, 11) is 0. The molecule has 0 atom stereocenters. The first kappa shape index (κ1) is 13.0. The molecule has 0 bridgehead atoms. The fraction of sp³-hybridized carbons (Fsp3) is 0.500. The maximum absolute atomic E-state index is 3.43. The summed E-state index contributed by atoms with van der Waals surface area (Å²) in [6.07, 6.45) is 10.7. The van der Waals surface area contributed by atoms with Crippen molar-refractivity contribution in [1.29, 1.82) is 0 Å². The van der Waals surface area contributed by atoms with E-state index in [0.717, 1.165) is 6.42 Å². The number of rotatable bonds is 5. The Morgan fingerprint density at radius 2 is 1.88 bits per heavy atom. The molecule has 0 aliphatic carbocycles. The van der Waals surface area contributed by atoms with Crippen LogP contribution in [-0.2, 0) is 0 Å². The monoisotopic (exact) mass is 215 g/mol. The Balaban J connectivity index is 2.66. The highest BCUT2D eigenvalue weighted by molar-refractivity contribution is 5.40. The van der Waals surface area contributed by atoms with Crippen LogP contribution in [0.2, 0.25) is 0 Å². The number of aryl methyl sites for hydroxylation is 2. The minimum atomic E-state index is 1.15. The van der Waals surface area contributed by atoms with Gasteiger partial charge in [0.25, 0.3) is 0 Å². The van der Waals surface area contributed by atoms with Crippen molar-refractivity contribution in [3.05, 3.63) is 46.5 Å². The maximum Gasteiger partial charge on any atom is -0.0146 e. The highest BCUT2D eigenvalue weighted by Gasteiger charge is 1.99. The molecule has 0 spiro atoms. The van der Waals surface area contributed by atoms with E-state index in [4.69, 9.17) is 0 Å². The second-order valence-electron chi connectivity index (χ2n) is 4.60. The van der Waals surface area contributed by atoms with Gasteiger partial charge in [0.15, 0.2) is 0 Å². The zero-order chi connectivity index (χ0) is 12.0. The molecule has 0 nitrogen and oxygen atoms in total. The first-order valence-electron chi connectivity index (χ1n) is 6.31. The van der Waals surface area contributed by atoms with Crippen molar-refractivity contribution in [3.63, 3.8) is 0 Å². The average Bonchev–Trinajstić information content (AvgIpc) is 2.24. The van der Waals surface area contributed by atoms with Crippen LogP contribution in [0.25, 0.3) is 0 Å². The Morgan fingerprint density at radius 1 is 1.12 bits per heavy atom. The van der Waals surface area contributed by atoms with E-state index in [9.17, 15) is 0 Å². The summed E-state index contributed by atoms with van der Waals surface area (Å²) in [5.74, 6) is 0. The van der Waals surface area contributed by atoms with Crippen molar-refractivity contribution in [3.8, 4) is 0 Å². The molecule has 0 saturated carbocycles. The van der Waals surface area contributed by atoms with Crippen molar-refractivity contribution >= 4 is 0 Å². The zero-order valence-electron chi connectivity index (χ0n) is 11.1. The lowest BCUT2D eigenvalue weighted by Crippen LogP contribution is -1.89. The van der Waals surface area contributed by atoms with Gasteiger partial charge in [-0.3, -0.25) is 0 Å². The third-order valence-corrected chi connectivity index (χ3v) is 3.02. The smallest absolute Gasteiger partial charge is 0.0146 e. The molecule has 0 fully saturated rings. The van der Waals surface area contributed by atoms with E-state index in [-0.39, 0.29) is 0 Å². The van der Waals surface area contributed by atoms with Crippen molar-refractivity contribution in [2.75, 3.05) is 0 Å². The SMILES string of the molecule is CCCCC/C=[C]\c1cc(C)cc(C)c1C. The first-order valence-corrected chi connectivity index (χ1v) is 6.31. The molecule has 1 rings (SSSR count). The number of hydrogen-bond acceptors (Lipinski definition) is 0. The van der Waals surface area contributed by atoms with E-state index in [2.05, 4.69) is 52.0 Å². The molecule has 1 aromatic carbocycles. The summed E-state index contributed by atoms with van der Waals surface area (Å²) in [4.78, 5) is 0. The summed E-state index contributed by atoms with van der Waals surface area (Å²) in [5, 5.41) is 0. The van der Waals surface area contributed by atoms with Crippen LogP contribution in [0.5, 0.6) is 0 Å². The van der Waals surface area contributed by atoms with Crippen LogP contribution in [0.3, 0.4) is 0 Å². The van der Waals surface area contributed by atoms with E-state index in [1.165, 1.54) is 41.5 Å². The highest BCUT2D eigenvalue weighted by atomic mass is 14.0. The van der Waals surface area contributed by atoms with Crippen LogP contribution in [-0.4, -0.2) is 0 Å². The quantitative estimate of drug-likeness (QED) is 0.613. The van der Waals surface area contributed by atoms with Gasteiger partial charge in [-0.15, -0.1) is 0 Å². The van der Waals surface area contributed by atoms with Crippen LogP contribution in [0.15, 0.2) is 18.2 Å². The van der Waals surface area contributed by atoms with Crippen LogP contribution < -0.4 is 0 Å². The summed E-state index contributed by atoms with van der Waals surface area (Å²) in [6.45, 7) is 8.73. The highest BCUT2D eigenvalue weighted by Crippen LogP contribution is 2.16. The third-order valence-electron chi connectivity index (χ3n) is 3.02. The van der Waals surface area contributed by atoms with Gasteiger partial charge >= 0.3 is 0 Å². The summed E-state index contributed by atoms with van der Waals surface area (Å²) >= 11 is 0. The minimum absolute atomic E-state index is 1.15. The summed E-state index contributed by atoms with van der Waals surface area (Å²) in [5.41, 5.74) is 5.31. The lowest BCUT2D eigenvalue weighted by atomic mass is 9.99. The molecule has 0 aliphatic rings. The molecule has 0 aliphatic heterocycles. The van der Waals surface area contributed by atoms with Gasteiger partial charge in [0.2, 0.25) is 0 Å². The van der Waals surface area contributed by atoms with Gasteiger partial charge in [0, 0.05) is 0 Å². The van der Waals surface area contributed by atoms with Crippen LogP contribution in [0, 0.1) is 26.8 Å². The molecule has 0 heterocycles. The maximum atomic E-state index is 3.43. The second-order valence-corrected chi connectivity index (χ2v) is 4.60. The van der Waals surface area contributed by atoms with E-state index < -0.39 is 0 Å². The Kier molecular flexibility index (Phi) is 5.31. The molecule has 87 valence electrons. The molecule has 16 heavy (non-hydrogen) atoms. The molecule has 0 N–H and O–H groups in total. The second kappa shape index (κ2) is 6.52. The Hall–Kier alpha value is -1.04. The average molecular weight is 215 g/mol. The minimum Gasteiger partial charge on any atom is -0.0760 e. The Bertz CT molecular complexity index is 359. The van der Waals surface area contributed by atoms with Gasteiger partial charge in [0.1, 0.15) is 0 Å². The normalized spacial score (nSPS) is 11.2. The zero-order valence-corrected chi connectivity index (χ0v) is 11.1. The Labute approximate surface area is 100 Å². The van der Waals surface area contributed by atoms with E-state index in [1.807, 2.05) is 0 Å². The molecular formula is C16H23. The predicted octanol–water partition coefficient (Wildman–Crippen LogP) is 4.90. The lowest BCUT2D eigenvalue weighted by molar-refractivity contribution is 0.728. The first-order chi connectivity index (χ1) is 7.65. The van der Waals surface area contributed by atoms with Crippen molar-refractivity contribution in [2.45, 2.75) is 53.4 Å². The molecule has 1 radical (unpaired) electrons. The van der Waals surface area contributed by atoms with E-state index >= 15 is 0 Å². The van der Waals surface area contributed by atoms with E-state index in [1.54, 1.807) is 0 Å². The van der Waals surface area contributed by atoms with Gasteiger partial charge in [-0.2, -0.15) is 0 Å². The van der Waals surface area contributed by atoms with E-state index in [0.29, 0.717) is 0 Å².